The summed E-state index contributed by atoms with van der Waals surface area (Å²) in [6.07, 6.45) is -0.922. The van der Waals surface area contributed by atoms with Crippen molar-refractivity contribution < 1.29 is 34.0 Å². The number of hydrogen-bond acceptors (Lipinski definition) is 8. The topological polar surface area (TPSA) is 130 Å². The zero-order valence-corrected chi connectivity index (χ0v) is 21.5. The molecule has 2 amide bonds. The number of amides is 2. The third kappa shape index (κ3) is 5.68. The van der Waals surface area contributed by atoms with Gasteiger partial charge in [0.05, 0.1) is 37.9 Å². The lowest BCUT2D eigenvalue weighted by Gasteiger charge is -2.34. The first-order chi connectivity index (χ1) is 17.2. The number of aliphatic hydroxyl groups excluding tert-OH is 2. The number of ether oxygens (including phenoxy) is 3. The minimum absolute atomic E-state index is 0.0377. The number of carbonyl (C=O) groups excluding carboxylic acids is 2. The Bertz CT molecular complexity index is 956. The Morgan fingerprint density at radius 3 is 2.78 bits per heavy atom. The van der Waals surface area contributed by atoms with Gasteiger partial charge < -0.3 is 35.1 Å². The molecule has 0 aromatic heterocycles. The minimum atomic E-state index is -0.927. The van der Waals surface area contributed by atoms with Crippen LogP contribution < -0.4 is 10.6 Å². The molecule has 2 fully saturated rings. The molecule has 200 valence electrons. The highest BCUT2D eigenvalue weighted by atomic mass is 16.7. The molecule has 3 aliphatic heterocycles. The predicted octanol–water partition coefficient (Wildman–Crippen LogP) is 2.07. The van der Waals surface area contributed by atoms with Crippen LogP contribution in [-0.2, 0) is 25.6 Å². The van der Waals surface area contributed by atoms with Crippen molar-refractivity contribution >= 4 is 17.7 Å². The Morgan fingerprint density at radius 2 is 2.08 bits per heavy atom. The molecule has 36 heavy (non-hydrogen) atoms. The highest BCUT2D eigenvalue weighted by molar-refractivity contribution is 6.02. The second-order valence-corrected chi connectivity index (χ2v) is 10.5. The molecule has 4 rings (SSSR count). The molecular weight excluding hydrogens is 466 g/mol. The number of nitrogens with one attached hydrogen (secondary N) is 2. The van der Waals surface area contributed by atoms with Gasteiger partial charge in [0, 0.05) is 24.3 Å². The fraction of sp³-hybridized carbons (Fsp3) is 0.692. The van der Waals surface area contributed by atoms with E-state index in [1.165, 1.54) is 0 Å². The highest BCUT2D eigenvalue weighted by Crippen LogP contribution is 2.38. The van der Waals surface area contributed by atoms with Crippen LogP contribution in [0, 0.1) is 18.8 Å². The van der Waals surface area contributed by atoms with Crippen molar-refractivity contribution in [1.29, 1.82) is 0 Å². The molecule has 1 aromatic carbocycles. The van der Waals surface area contributed by atoms with Crippen LogP contribution in [-0.4, -0.2) is 78.0 Å². The highest BCUT2D eigenvalue weighted by Gasteiger charge is 2.44. The van der Waals surface area contributed by atoms with Crippen molar-refractivity contribution in [3.8, 4) is 0 Å². The van der Waals surface area contributed by atoms with Crippen LogP contribution in [0.4, 0.5) is 10.5 Å². The van der Waals surface area contributed by atoms with Gasteiger partial charge in [-0.2, -0.15) is 0 Å². The van der Waals surface area contributed by atoms with Gasteiger partial charge in [0.15, 0.2) is 6.29 Å². The summed E-state index contributed by atoms with van der Waals surface area (Å²) in [4.78, 5) is 27.6. The standard InChI is InChI=1S/C26H39N3O7/c1-5-19(28-26(33)36-22-13-35-25-17(22)6-7-34-25)21(31)11-29(10-14(2)3)23-18-9-16(12-30)15(4)8-20(18)27-24(23)32/h8-9,14,17,19,21-23,25,30-31H,5-7,10-13H2,1-4H3,(H,27,32)(H,28,33)/t17?,19?,21-,22+,23?,25-/m1/s1. The van der Waals surface area contributed by atoms with E-state index < -0.39 is 24.3 Å². The van der Waals surface area contributed by atoms with Crippen molar-refractivity contribution in [2.45, 2.75) is 77.7 Å². The van der Waals surface area contributed by atoms with Crippen LogP contribution in [0.25, 0.3) is 0 Å². The number of benzene rings is 1. The fourth-order valence-electron chi connectivity index (χ4n) is 5.44. The number of alkyl carbamates (subject to hydrolysis) is 1. The van der Waals surface area contributed by atoms with E-state index in [1.54, 1.807) is 0 Å². The Morgan fingerprint density at radius 1 is 1.31 bits per heavy atom. The number of hydrogen-bond donors (Lipinski definition) is 4. The summed E-state index contributed by atoms with van der Waals surface area (Å²) in [6.45, 7) is 9.42. The Hall–Kier alpha value is -2.24. The molecule has 3 aliphatic rings. The van der Waals surface area contributed by atoms with E-state index in [4.69, 9.17) is 14.2 Å². The second-order valence-electron chi connectivity index (χ2n) is 10.5. The summed E-state index contributed by atoms with van der Waals surface area (Å²) in [5, 5.41) is 26.7. The first-order valence-electron chi connectivity index (χ1n) is 12.9. The number of anilines is 1. The predicted molar refractivity (Wildman–Crippen MR) is 132 cm³/mol. The summed E-state index contributed by atoms with van der Waals surface area (Å²) < 4.78 is 16.6. The van der Waals surface area contributed by atoms with E-state index in [-0.39, 0.29) is 43.3 Å². The number of nitrogens with zero attached hydrogens (tertiary/aromatic N) is 1. The molecule has 0 saturated carbocycles. The fourth-order valence-corrected chi connectivity index (χ4v) is 5.44. The van der Waals surface area contributed by atoms with Crippen molar-refractivity contribution in [2.75, 3.05) is 31.6 Å². The lowest BCUT2D eigenvalue weighted by Crippen LogP contribution is -2.50. The lowest BCUT2D eigenvalue weighted by molar-refractivity contribution is -0.121. The molecule has 0 spiro atoms. The largest absolute Gasteiger partial charge is 0.443 e. The molecule has 3 heterocycles. The van der Waals surface area contributed by atoms with Crippen molar-refractivity contribution in [2.24, 2.45) is 11.8 Å². The molecule has 2 saturated heterocycles. The molecular formula is C26H39N3O7. The Labute approximate surface area is 212 Å². The van der Waals surface area contributed by atoms with Gasteiger partial charge in [0.25, 0.3) is 0 Å². The average molecular weight is 506 g/mol. The molecule has 0 radical (unpaired) electrons. The van der Waals surface area contributed by atoms with Crippen LogP contribution >= 0.6 is 0 Å². The van der Waals surface area contributed by atoms with E-state index in [0.717, 1.165) is 28.8 Å². The van der Waals surface area contributed by atoms with Gasteiger partial charge in [-0.1, -0.05) is 20.8 Å². The molecule has 6 atom stereocenters. The summed E-state index contributed by atoms with van der Waals surface area (Å²) in [5.74, 6) is 0.108. The zero-order valence-electron chi connectivity index (χ0n) is 21.5. The number of fused-ring (bicyclic) bond motifs is 2. The van der Waals surface area contributed by atoms with E-state index in [9.17, 15) is 19.8 Å². The molecule has 10 heteroatoms. The number of rotatable bonds is 10. The molecule has 4 N–H and O–H groups in total. The van der Waals surface area contributed by atoms with Crippen molar-refractivity contribution in [3.05, 3.63) is 28.8 Å². The summed E-state index contributed by atoms with van der Waals surface area (Å²) in [6, 6.07) is 2.59. The first kappa shape index (κ1) is 26.8. The first-order valence-corrected chi connectivity index (χ1v) is 12.9. The monoisotopic (exact) mass is 505 g/mol. The SMILES string of the molecule is CCC(NC(=O)O[C@H]1CO[C@H]2OCCC21)[C@H](O)CN(CC(C)C)C1C(=O)Nc2cc(C)c(CO)cc21. The van der Waals surface area contributed by atoms with Crippen molar-refractivity contribution in [3.63, 3.8) is 0 Å². The number of aryl methyl sites for hydroxylation is 1. The maximum absolute atomic E-state index is 13.0. The van der Waals surface area contributed by atoms with Gasteiger partial charge in [-0.3, -0.25) is 9.69 Å². The van der Waals surface area contributed by atoms with Crippen LogP contribution in [0.1, 0.15) is 56.3 Å². The van der Waals surface area contributed by atoms with Gasteiger partial charge in [-0.05, 0) is 48.9 Å². The maximum atomic E-state index is 13.0. The lowest BCUT2D eigenvalue weighted by atomic mass is 9.98. The number of carbonyl (C=O) groups is 2. The molecule has 3 unspecified atom stereocenters. The third-order valence-electron chi connectivity index (χ3n) is 7.32. The van der Waals surface area contributed by atoms with Gasteiger partial charge in [-0.15, -0.1) is 0 Å². The maximum Gasteiger partial charge on any atom is 0.407 e. The van der Waals surface area contributed by atoms with Crippen LogP contribution in [0.15, 0.2) is 12.1 Å². The molecule has 0 bridgehead atoms. The molecule has 10 nitrogen and oxygen atoms in total. The van der Waals surface area contributed by atoms with Crippen LogP contribution in [0.2, 0.25) is 0 Å². The smallest absolute Gasteiger partial charge is 0.407 e. The van der Waals surface area contributed by atoms with E-state index in [2.05, 4.69) is 24.5 Å². The quantitative estimate of drug-likeness (QED) is 0.380. The zero-order chi connectivity index (χ0) is 26.0. The van der Waals surface area contributed by atoms with E-state index >= 15 is 0 Å². The van der Waals surface area contributed by atoms with Crippen LogP contribution in [0.3, 0.4) is 0 Å². The van der Waals surface area contributed by atoms with E-state index in [1.807, 2.05) is 30.9 Å². The Balaban J connectivity index is 1.44. The molecule has 0 aliphatic carbocycles. The van der Waals surface area contributed by atoms with Gasteiger partial charge in [-0.25, -0.2) is 4.79 Å². The van der Waals surface area contributed by atoms with Gasteiger partial charge in [0.1, 0.15) is 12.1 Å². The van der Waals surface area contributed by atoms with Crippen LogP contribution in [0.5, 0.6) is 0 Å². The van der Waals surface area contributed by atoms with Crippen molar-refractivity contribution in [1.82, 2.24) is 10.2 Å². The normalized spacial score (nSPS) is 26.6. The second kappa shape index (κ2) is 11.4. The third-order valence-corrected chi connectivity index (χ3v) is 7.32. The van der Waals surface area contributed by atoms with E-state index in [0.29, 0.717) is 26.2 Å². The molecule has 1 aromatic rings. The average Bonchev–Trinajstić information content (AvgIpc) is 3.51. The van der Waals surface area contributed by atoms with Gasteiger partial charge in [0.2, 0.25) is 5.91 Å². The Kier molecular flexibility index (Phi) is 8.52. The van der Waals surface area contributed by atoms with Gasteiger partial charge >= 0.3 is 6.09 Å². The minimum Gasteiger partial charge on any atom is -0.443 e. The summed E-state index contributed by atoms with van der Waals surface area (Å²) >= 11 is 0. The number of aliphatic hydroxyl groups is 2. The summed E-state index contributed by atoms with van der Waals surface area (Å²) in [7, 11) is 0. The summed E-state index contributed by atoms with van der Waals surface area (Å²) in [5.41, 5.74) is 3.19.